The van der Waals surface area contributed by atoms with Crippen molar-refractivity contribution in [3.8, 4) is 0 Å². The summed E-state index contributed by atoms with van der Waals surface area (Å²) in [4.78, 5) is 27.4. The summed E-state index contributed by atoms with van der Waals surface area (Å²) in [5.41, 5.74) is 7.75. The lowest BCUT2D eigenvalue weighted by Gasteiger charge is -2.01. The first-order chi connectivity index (χ1) is 11.1. The van der Waals surface area contributed by atoms with E-state index in [1.807, 2.05) is 0 Å². The molecule has 6 nitrogen and oxygen atoms in total. The maximum atomic E-state index is 11.3. The molecule has 2 aromatic rings. The Hall–Kier alpha value is -3.15. The number of carbonyl (C=O) groups is 2. The predicted molar refractivity (Wildman–Crippen MR) is 85.1 cm³/mol. The molecule has 23 heavy (non-hydrogen) atoms. The quantitative estimate of drug-likeness (QED) is 0.502. The van der Waals surface area contributed by atoms with Gasteiger partial charge in [0.25, 0.3) is 0 Å². The van der Waals surface area contributed by atoms with Crippen LogP contribution >= 0.6 is 0 Å². The highest BCUT2D eigenvalue weighted by Crippen LogP contribution is 2.06. The molecule has 0 aromatic heterocycles. The third-order valence-electron chi connectivity index (χ3n) is 3.08. The fraction of sp³-hybridized carbons (Fsp3) is 0.118. The summed E-state index contributed by atoms with van der Waals surface area (Å²) in [5.74, 6) is -0.852. The summed E-state index contributed by atoms with van der Waals surface area (Å²) in [7, 11) is 1.33. The molecular weight excluding hydrogens is 296 g/mol. The van der Waals surface area contributed by atoms with Gasteiger partial charge in [0, 0.05) is 5.56 Å². The average Bonchev–Trinajstić information content (AvgIpc) is 2.59. The van der Waals surface area contributed by atoms with Crippen LogP contribution in [0.25, 0.3) is 0 Å². The molecule has 0 bridgehead atoms. The number of hydrogen-bond donors (Lipinski definition) is 1. The van der Waals surface area contributed by atoms with E-state index in [2.05, 4.69) is 9.89 Å². The second-order valence-electron chi connectivity index (χ2n) is 4.68. The number of carbonyl (C=O) groups excluding carboxylic acids is 2. The number of amides is 1. The lowest BCUT2D eigenvalue weighted by molar-refractivity contribution is 0.0600. The van der Waals surface area contributed by atoms with Gasteiger partial charge in [-0.2, -0.15) is 0 Å². The van der Waals surface area contributed by atoms with Crippen molar-refractivity contribution in [2.24, 2.45) is 10.9 Å². The van der Waals surface area contributed by atoms with Crippen LogP contribution in [0.5, 0.6) is 0 Å². The minimum atomic E-state index is -0.467. The Bertz CT molecular complexity index is 706. The van der Waals surface area contributed by atoms with Gasteiger partial charge in [-0.25, -0.2) is 4.79 Å². The van der Waals surface area contributed by atoms with E-state index in [1.54, 1.807) is 54.7 Å². The van der Waals surface area contributed by atoms with Gasteiger partial charge >= 0.3 is 5.97 Å². The minimum absolute atomic E-state index is 0.274. The van der Waals surface area contributed by atoms with Gasteiger partial charge in [-0.1, -0.05) is 29.4 Å². The summed E-state index contributed by atoms with van der Waals surface area (Å²) in [6, 6.07) is 13.5. The Kier molecular flexibility index (Phi) is 5.46. The van der Waals surface area contributed by atoms with Crippen molar-refractivity contribution in [2.45, 2.75) is 6.61 Å². The van der Waals surface area contributed by atoms with Crippen LogP contribution in [0.15, 0.2) is 53.7 Å². The standard InChI is InChI=1S/C17H16N2O4/c1-22-17(21)15-8-2-12(3-9-15)10-19-23-11-13-4-6-14(7-5-13)16(18)20/h2-10H,11H2,1H3,(H2,18,20)/b19-10+. The van der Waals surface area contributed by atoms with Gasteiger partial charge in [-0.3, -0.25) is 4.79 Å². The molecule has 2 N–H and O–H groups in total. The zero-order valence-corrected chi connectivity index (χ0v) is 12.6. The Morgan fingerprint density at radius 1 is 1.04 bits per heavy atom. The van der Waals surface area contributed by atoms with E-state index in [9.17, 15) is 9.59 Å². The van der Waals surface area contributed by atoms with Crippen LogP contribution in [-0.4, -0.2) is 25.2 Å². The number of ether oxygens (including phenoxy) is 1. The molecule has 2 rings (SSSR count). The second kappa shape index (κ2) is 7.74. The molecule has 0 aliphatic heterocycles. The lowest BCUT2D eigenvalue weighted by Crippen LogP contribution is -2.10. The summed E-state index contributed by atoms with van der Waals surface area (Å²) >= 11 is 0. The van der Waals surface area contributed by atoms with Crippen LogP contribution in [0.3, 0.4) is 0 Å². The second-order valence-corrected chi connectivity index (χ2v) is 4.68. The molecule has 2 aromatic carbocycles. The molecule has 0 spiro atoms. The van der Waals surface area contributed by atoms with Crippen LogP contribution in [0.2, 0.25) is 0 Å². The van der Waals surface area contributed by atoms with E-state index in [4.69, 9.17) is 10.6 Å². The number of benzene rings is 2. The van der Waals surface area contributed by atoms with Crippen LogP contribution in [0.4, 0.5) is 0 Å². The average molecular weight is 312 g/mol. The third-order valence-corrected chi connectivity index (χ3v) is 3.08. The van der Waals surface area contributed by atoms with Gasteiger partial charge < -0.3 is 15.3 Å². The summed E-state index contributed by atoms with van der Waals surface area (Å²) in [6.07, 6.45) is 1.54. The van der Waals surface area contributed by atoms with E-state index in [0.717, 1.165) is 11.1 Å². The van der Waals surface area contributed by atoms with E-state index < -0.39 is 5.91 Å². The van der Waals surface area contributed by atoms with Crippen molar-refractivity contribution in [1.29, 1.82) is 0 Å². The molecule has 0 heterocycles. The molecule has 1 amide bonds. The highest BCUT2D eigenvalue weighted by Gasteiger charge is 2.03. The smallest absolute Gasteiger partial charge is 0.337 e. The third kappa shape index (κ3) is 4.67. The molecular formula is C17H16N2O4. The first-order valence-corrected chi connectivity index (χ1v) is 6.82. The Morgan fingerprint density at radius 2 is 1.65 bits per heavy atom. The fourth-order valence-electron chi connectivity index (χ4n) is 1.80. The first kappa shape index (κ1) is 16.2. The van der Waals surface area contributed by atoms with Gasteiger partial charge in [0.15, 0.2) is 0 Å². The summed E-state index contributed by atoms with van der Waals surface area (Å²) < 4.78 is 4.62. The summed E-state index contributed by atoms with van der Waals surface area (Å²) in [6.45, 7) is 0.274. The van der Waals surface area contributed by atoms with Gasteiger partial charge in [-0.15, -0.1) is 0 Å². The molecule has 6 heteroatoms. The van der Waals surface area contributed by atoms with Crippen molar-refractivity contribution < 1.29 is 19.2 Å². The monoisotopic (exact) mass is 312 g/mol. The predicted octanol–water partition coefficient (Wildman–Crippen LogP) is 2.12. The molecule has 0 atom stereocenters. The zero-order chi connectivity index (χ0) is 16.7. The van der Waals surface area contributed by atoms with Crippen molar-refractivity contribution in [1.82, 2.24) is 0 Å². The highest BCUT2D eigenvalue weighted by atomic mass is 16.6. The van der Waals surface area contributed by atoms with Crippen molar-refractivity contribution in [3.63, 3.8) is 0 Å². The Labute approximate surface area is 133 Å². The Balaban J connectivity index is 1.86. The number of hydrogen-bond acceptors (Lipinski definition) is 5. The zero-order valence-electron chi connectivity index (χ0n) is 12.6. The normalized spacial score (nSPS) is 10.5. The maximum absolute atomic E-state index is 11.3. The van der Waals surface area contributed by atoms with Crippen LogP contribution in [0.1, 0.15) is 31.8 Å². The molecule has 0 saturated carbocycles. The number of methoxy groups -OCH3 is 1. The van der Waals surface area contributed by atoms with E-state index in [1.165, 1.54) is 7.11 Å². The van der Waals surface area contributed by atoms with Gasteiger partial charge in [0.05, 0.1) is 18.9 Å². The Morgan fingerprint density at radius 3 is 2.22 bits per heavy atom. The number of nitrogens with two attached hydrogens (primary N) is 1. The van der Waals surface area contributed by atoms with Crippen molar-refractivity contribution >= 4 is 18.1 Å². The van der Waals surface area contributed by atoms with Crippen LogP contribution in [0, 0.1) is 0 Å². The first-order valence-electron chi connectivity index (χ1n) is 6.82. The van der Waals surface area contributed by atoms with E-state index in [-0.39, 0.29) is 12.6 Å². The number of primary amides is 1. The van der Waals surface area contributed by atoms with Crippen molar-refractivity contribution in [3.05, 3.63) is 70.8 Å². The number of esters is 1. The fourth-order valence-corrected chi connectivity index (χ4v) is 1.80. The molecule has 0 saturated heterocycles. The van der Waals surface area contributed by atoms with Crippen molar-refractivity contribution in [2.75, 3.05) is 7.11 Å². The number of nitrogens with zero attached hydrogens (tertiary/aromatic N) is 1. The van der Waals surface area contributed by atoms with Crippen LogP contribution < -0.4 is 5.73 Å². The molecule has 0 radical (unpaired) electrons. The largest absolute Gasteiger partial charge is 0.465 e. The van der Waals surface area contributed by atoms with E-state index >= 15 is 0 Å². The van der Waals surface area contributed by atoms with Gasteiger partial charge in [0.1, 0.15) is 6.61 Å². The minimum Gasteiger partial charge on any atom is -0.465 e. The molecule has 0 fully saturated rings. The molecule has 0 aliphatic carbocycles. The summed E-state index contributed by atoms with van der Waals surface area (Å²) in [5, 5.41) is 3.86. The molecule has 0 unspecified atom stereocenters. The SMILES string of the molecule is COC(=O)c1ccc(/C=N/OCc2ccc(C(N)=O)cc2)cc1. The van der Waals surface area contributed by atoms with Crippen LogP contribution in [-0.2, 0) is 16.2 Å². The lowest BCUT2D eigenvalue weighted by atomic mass is 10.1. The topological polar surface area (TPSA) is 91.0 Å². The number of oxime groups is 1. The van der Waals surface area contributed by atoms with Gasteiger partial charge in [0.2, 0.25) is 5.91 Å². The van der Waals surface area contributed by atoms with Gasteiger partial charge in [-0.05, 0) is 35.4 Å². The highest BCUT2D eigenvalue weighted by molar-refractivity contribution is 5.92. The molecule has 0 aliphatic rings. The molecule has 118 valence electrons. The van der Waals surface area contributed by atoms with E-state index in [0.29, 0.717) is 11.1 Å². The maximum Gasteiger partial charge on any atom is 0.337 e. The number of rotatable bonds is 6.